The average molecular weight is 188 g/mol. The maximum atomic E-state index is 9.18. The SMILES string of the molecule is CCOC=O.Cc1csc(N)n1. The van der Waals surface area contributed by atoms with Crippen molar-refractivity contribution in [1.82, 2.24) is 4.98 Å². The molecule has 0 aromatic carbocycles. The van der Waals surface area contributed by atoms with Crippen molar-refractivity contribution in [2.75, 3.05) is 12.3 Å². The lowest BCUT2D eigenvalue weighted by molar-refractivity contribution is -0.128. The Hall–Kier alpha value is -1.10. The molecule has 0 amide bonds. The number of nitrogen functional groups attached to an aromatic ring is 1. The van der Waals surface area contributed by atoms with Crippen molar-refractivity contribution in [3.8, 4) is 0 Å². The number of nitrogens with zero attached hydrogens (tertiary/aromatic N) is 1. The number of thiazole rings is 1. The van der Waals surface area contributed by atoms with Crippen LogP contribution >= 0.6 is 11.3 Å². The van der Waals surface area contributed by atoms with Gasteiger partial charge in [0.1, 0.15) is 0 Å². The molecular weight excluding hydrogens is 176 g/mol. The summed E-state index contributed by atoms with van der Waals surface area (Å²) in [4.78, 5) is 13.1. The molecule has 1 heterocycles. The topological polar surface area (TPSA) is 65.2 Å². The number of carbonyl (C=O) groups excluding carboxylic acids is 1. The van der Waals surface area contributed by atoms with Crippen molar-refractivity contribution in [3.05, 3.63) is 11.1 Å². The van der Waals surface area contributed by atoms with Gasteiger partial charge in [-0.2, -0.15) is 0 Å². The quantitative estimate of drug-likeness (QED) is 0.708. The standard InChI is InChI=1S/C4H6N2S.C3H6O2/c1-3-2-7-4(5)6-3;1-2-5-3-4/h2H,1H3,(H2,5,6);3H,2H2,1H3. The molecule has 2 N–H and O–H groups in total. The normalized spacial score (nSPS) is 8.17. The van der Waals surface area contributed by atoms with Gasteiger partial charge in [-0.1, -0.05) is 0 Å². The van der Waals surface area contributed by atoms with Crippen LogP contribution < -0.4 is 5.73 Å². The highest BCUT2D eigenvalue weighted by atomic mass is 32.1. The predicted octanol–water partition coefficient (Wildman–Crippen LogP) is 1.21. The molecular formula is C7H12N2O2S. The van der Waals surface area contributed by atoms with Crippen molar-refractivity contribution in [3.63, 3.8) is 0 Å². The van der Waals surface area contributed by atoms with Crippen molar-refractivity contribution in [2.45, 2.75) is 13.8 Å². The van der Waals surface area contributed by atoms with Gasteiger partial charge in [-0.25, -0.2) is 4.98 Å². The van der Waals surface area contributed by atoms with Crippen molar-refractivity contribution >= 4 is 22.9 Å². The second kappa shape index (κ2) is 6.60. The highest BCUT2D eigenvalue weighted by Gasteiger charge is 1.86. The highest BCUT2D eigenvalue weighted by Crippen LogP contribution is 2.08. The zero-order valence-corrected chi connectivity index (χ0v) is 7.93. The van der Waals surface area contributed by atoms with E-state index in [0.717, 1.165) is 5.69 Å². The molecule has 1 rings (SSSR count). The fourth-order valence-corrected chi connectivity index (χ4v) is 0.981. The maximum absolute atomic E-state index is 9.18. The van der Waals surface area contributed by atoms with Gasteiger partial charge in [0, 0.05) is 5.38 Å². The first-order chi connectivity index (χ1) is 5.70. The summed E-state index contributed by atoms with van der Waals surface area (Å²) in [5, 5.41) is 2.58. The van der Waals surface area contributed by atoms with Crippen molar-refractivity contribution in [1.29, 1.82) is 0 Å². The third-order valence-electron chi connectivity index (χ3n) is 0.871. The molecule has 0 saturated carbocycles. The molecule has 0 saturated heterocycles. The number of anilines is 1. The second-order valence-electron chi connectivity index (χ2n) is 1.88. The number of hydrogen-bond acceptors (Lipinski definition) is 5. The number of nitrogens with two attached hydrogens (primary N) is 1. The average Bonchev–Trinajstić information content (AvgIpc) is 2.38. The summed E-state index contributed by atoms with van der Waals surface area (Å²) in [6, 6.07) is 0. The van der Waals surface area contributed by atoms with Crippen LogP contribution in [-0.2, 0) is 9.53 Å². The summed E-state index contributed by atoms with van der Waals surface area (Å²) < 4.78 is 4.15. The van der Waals surface area contributed by atoms with Crippen molar-refractivity contribution < 1.29 is 9.53 Å². The van der Waals surface area contributed by atoms with Crippen LogP contribution in [0.15, 0.2) is 5.38 Å². The van der Waals surface area contributed by atoms with Crippen LogP contribution in [0.25, 0.3) is 0 Å². The van der Waals surface area contributed by atoms with E-state index >= 15 is 0 Å². The molecule has 0 aliphatic carbocycles. The molecule has 0 spiro atoms. The van der Waals surface area contributed by atoms with Crippen LogP contribution in [0.4, 0.5) is 5.13 Å². The van der Waals surface area contributed by atoms with Gasteiger partial charge in [0.2, 0.25) is 0 Å². The third kappa shape index (κ3) is 5.67. The lowest BCUT2D eigenvalue weighted by Gasteiger charge is -1.79. The number of hydrogen-bond donors (Lipinski definition) is 1. The molecule has 0 atom stereocenters. The summed E-state index contributed by atoms with van der Waals surface area (Å²) >= 11 is 1.47. The fourth-order valence-electron chi connectivity index (χ4n) is 0.440. The Labute approximate surface area is 75.4 Å². The second-order valence-corrected chi connectivity index (χ2v) is 2.77. The van der Waals surface area contributed by atoms with E-state index in [1.165, 1.54) is 11.3 Å². The van der Waals surface area contributed by atoms with Crippen LogP contribution in [-0.4, -0.2) is 18.1 Å². The molecule has 0 fully saturated rings. The van der Waals surface area contributed by atoms with E-state index < -0.39 is 0 Å². The number of carbonyl (C=O) groups is 1. The number of ether oxygens (including phenoxy) is 1. The van der Waals surface area contributed by atoms with E-state index in [9.17, 15) is 4.79 Å². The summed E-state index contributed by atoms with van der Waals surface area (Å²) in [6.45, 7) is 4.59. The molecule has 5 heteroatoms. The van der Waals surface area contributed by atoms with E-state index in [1.807, 2.05) is 12.3 Å². The molecule has 0 radical (unpaired) electrons. The Morgan fingerprint density at radius 3 is 2.58 bits per heavy atom. The number of rotatable bonds is 2. The Morgan fingerprint density at radius 2 is 2.50 bits per heavy atom. The molecule has 0 aliphatic heterocycles. The number of aromatic nitrogens is 1. The smallest absolute Gasteiger partial charge is 0.293 e. The molecule has 12 heavy (non-hydrogen) atoms. The van der Waals surface area contributed by atoms with E-state index in [0.29, 0.717) is 18.2 Å². The summed E-state index contributed by atoms with van der Waals surface area (Å²) in [5.41, 5.74) is 6.29. The van der Waals surface area contributed by atoms with Crippen LogP contribution in [0.2, 0.25) is 0 Å². The minimum Gasteiger partial charge on any atom is -0.468 e. The van der Waals surface area contributed by atoms with Gasteiger partial charge in [0.15, 0.2) is 5.13 Å². The van der Waals surface area contributed by atoms with Gasteiger partial charge in [-0.15, -0.1) is 11.3 Å². The monoisotopic (exact) mass is 188 g/mol. The van der Waals surface area contributed by atoms with Gasteiger partial charge < -0.3 is 10.5 Å². The van der Waals surface area contributed by atoms with E-state index in [2.05, 4.69) is 9.72 Å². The first-order valence-electron chi connectivity index (χ1n) is 3.43. The molecule has 0 unspecified atom stereocenters. The Morgan fingerprint density at radius 1 is 1.83 bits per heavy atom. The summed E-state index contributed by atoms with van der Waals surface area (Å²) in [6.07, 6.45) is 0. The first kappa shape index (κ1) is 10.9. The van der Waals surface area contributed by atoms with E-state index in [4.69, 9.17) is 5.73 Å². The minimum absolute atomic E-state index is 0.431. The molecule has 4 nitrogen and oxygen atoms in total. The molecule has 1 aromatic heterocycles. The molecule has 68 valence electrons. The Kier molecular flexibility index (Phi) is 6.00. The zero-order chi connectivity index (χ0) is 9.40. The van der Waals surface area contributed by atoms with Gasteiger partial charge in [-0.05, 0) is 13.8 Å². The van der Waals surface area contributed by atoms with Crippen LogP contribution in [0, 0.1) is 6.92 Å². The van der Waals surface area contributed by atoms with Gasteiger partial charge in [0.25, 0.3) is 6.47 Å². The summed E-state index contributed by atoms with van der Waals surface area (Å²) in [7, 11) is 0. The van der Waals surface area contributed by atoms with Crippen LogP contribution in [0.5, 0.6) is 0 Å². The van der Waals surface area contributed by atoms with Crippen LogP contribution in [0.3, 0.4) is 0 Å². The zero-order valence-electron chi connectivity index (χ0n) is 7.11. The number of aryl methyl sites for hydroxylation is 1. The van der Waals surface area contributed by atoms with Crippen molar-refractivity contribution in [2.24, 2.45) is 0 Å². The van der Waals surface area contributed by atoms with E-state index in [1.54, 1.807) is 6.92 Å². The summed E-state index contributed by atoms with van der Waals surface area (Å²) in [5.74, 6) is 0. The molecule has 1 aromatic rings. The fraction of sp³-hybridized carbons (Fsp3) is 0.429. The lowest BCUT2D eigenvalue weighted by atomic mass is 10.6. The first-order valence-corrected chi connectivity index (χ1v) is 4.31. The highest BCUT2D eigenvalue weighted by molar-refractivity contribution is 7.13. The molecule has 0 aliphatic rings. The Balaban J connectivity index is 0.000000217. The maximum Gasteiger partial charge on any atom is 0.293 e. The lowest BCUT2D eigenvalue weighted by Crippen LogP contribution is -1.80. The largest absolute Gasteiger partial charge is 0.468 e. The predicted molar refractivity (Wildman–Crippen MR) is 49.0 cm³/mol. The van der Waals surface area contributed by atoms with Gasteiger partial charge >= 0.3 is 0 Å². The van der Waals surface area contributed by atoms with Crippen LogP contribution in [0.1, 0.15) is 12.6 Å². The molecule has 0 bridgehead atoms. The third-order valence-corrected chi connectivity index (χ3v) is 1.66. The van der Waals surface area contributed by atoms with E-state index in [-0.39, 0.29) is 0 Å². The minimum atomic E-state index is 0.431. The van der Waals surface area contributed by atoms with Gasteiger partial charge in [0.05, 0.1) is 12.3 Å². The Bertz CT molecular complexity index is 208. The van der Waals surface area contributed by atoms with Gasteiger partial charge in [-0.3, -0.25) is 4.79 Å².